The number of methoxy groups -OCH3 is 1. The lowest BCUT2D eigenvalue weighted by Crippen LogP contribution is -2.11. The van der Waals surface area contributed by atoms with Crippen LogP contribution in [0.15, 0.2) is 65.1 Å². The molecule has 0 unspecified atom stereocenters. The monoisotopic (exact) mass is 435 g/mol. The minimum atomic E-state index is -0.711. The average Bonchev–Trinajstić information content (AvgIpc) is 3.28. The molecule has 0 aliphatic carbocycles. The number of furan rings is 1. The second kappa shape index (κ2) is 9.13. The van der Waals surface area contributed by atoms with Crippen LogP contribution in [0.3, 0.4) is 0 Å². The highest BCUT2D eigenvalue weighted by molar-refractivity contribution is 5.87. The van der Waals surface area contributed by atoms with Gasteiger partial charge in [-0.2, -0.15) is 15.0 Å². The molecule has 0 spiro atoms. The van der Waals surface area contributed by atoms with E-state index in [1.165, 1.54) is 18.2 Å². The predicted molar refractivity (Wildman–Crippen MR) is 114 cm³/mol. The van der Waals surface area contributed by atoms with E-state index in [1.54, 1.807) is 37.4 Å². The third-order valence-corrected chi connectivity index (χ3v) is 4.32. The molecule has 0 atom stereocenters. The number of nitrogens with zero attached hydrogens (tertiary/aromatic N) is 3. The molecule has 10 heteroatoms. The van der Waals surface area contributed by atoms with Crippen LogP contribution in [0, 0.1) is 5.82 Å². The number of carbonyl (C=O) groups is 1. The molecule has 0 aliphatic heterocycles. The highest BCUT2D eigenvalue weighted by Gasteiger charge is 2.16. The van der Waals surface area contributed by atoms with Gasteiger partial charge in [0.2, 0.25) is 17.7 Å². The van der Waals surface area contributed by atoms with Gasteiger partial charge in [-0.1, -0.05) is 12.1 Å². The van der Waals surface area contributed by atoms with E-state index < -0.39 is 5.97 Å². The van der Waals surface area contributed by atoms with Gasteiger partial charge in [-0.3, -0.25) is 0 Å². The fraction of sp³-hybridized carbons (Fsp3) is 0.0909. The van der Waals surface area contributed by atoms with E-state index in [0.717, 1.165) is 0 Å². The van der Waals surface area contributed by atoms with Crippen LogP contribution in [0.2, 0.25) is 0 Å². The Morgan fingerprint density at radius 3 is 2.62 bits per heavy atom. The number of nitrogens with two attached hydrogens (primary N) is 1. The first-order valence-electron chi connectivity index (χ1n) is 9.45. The smallest absolute Gasteiger partial charge is 0.374 e. The number of benzene rings is 2. The summed E-state index contributed by atoms with van der Waals surface area (Å²) in [4.78, 5) is 24.6. The maximum atomic E-state index is 13.1. The topological polar surface area (TPSA) is 125 Å². The molecule has 0 saturated heterocycles. The van der Waals surface area contributed by atoms with Gasteiger partial charge in [-0.25, -0.2) is 9.18 Å². The summed E-state index contributed by atoms with van der Waals surface area (Å²) in [5.74, 6) is 0.184. The zero-order valence-electron chi connectivity index (χ0n) is 16.9. The van der Waals surface area contributed by atoms with Gasteiger partial charge in [0.1, 0.15) is 17.3 Å². The molecule has 4 rings (SSSR count). The van der Waals surface area contributed by atoms with E-state index in [2.05, 4.69) is 20.3 Å². The van der Waals surface area contributed by atoms with Crippen LogP contribution in [0.1, 0.15) is 16.4 Å². The molecule has 0 saturated carbocycles. The first-order chi connectivity index (χ1) is 15.5. The molecule has 2 aromatic carbocycles. The fourth-order valence-electron chi connectivity index (χ4n) is 2.84. The Morgan fingerprint density at radius 1 is 1.06 bits per heavy atom. The van der Waals surface area contributed by atoms with Crippen LogP contribution < -0.4 is 15.8 Å². The molecule has 162 valence electrons. The predicted octanol–water partition coefficient (Wildman–Crippen LogP) is 3.96. The van der Waals surface area contributed by atoms with E-state index in [1.807, 2.05) is 12.1 Å². The Bertz CT molecular complexity index is 1240. The molecule has 9 nitrogen and oxygen atoms in total. The summed E-state index contributed by atoms with van der Waals surface area (Å²) >= 11 is 0. The van der Waals surface area contributed by atoms with Crippen LogP contribution in [0.5, 0.6) is 5.75 Å². The minimum Gasteiger partial charge on any atom is -0.495 e. The molecule has 0 amide bonds. The lowest BCUT2D eigenvalue weighted by atomic mass is 10.2. The summed E-state index contributed by atoms with van der Waals surface area (Å²) in [7, 11) is 1.54. The molecule has 4 aromatic rings. The second-order valence-corrected chi connectivity index (χ2v) is 6.51. The van der Waals surface area contributed by atoms with Gasteiger partial charge < -0.3 is 24.9 Å². The number of nitrogens with one attached hydrogen (secondary N) is 1. The summed E-state index contributed by atoms with van der Waals surface area (Å²) in [5.41, 5.74) is 7.02. The third kappa shape index (κ3) is 4.81. The zero-order chi connectivity index (χ0) is 22.5. The normalized spacial score (nSPS) is 10.6. The highest BCUT2D eigenvalue weighted by atomic mass is 19.1. The number of para-hydroxylation sites is 2. The number of hydrogen-bond acceptors (Lipinski definition) is 9. The number of hydrogen-bond donors (Lipinski definition) is 2. The van der Waals surface area contributed by atoms with Gasteiger partial charge in [0, 0.05) is 5.56 Å². The van der Waals surface area contributed by atoms with Crippen LogP contribution in [0.25, 0.3) is 11.3 Å². The number of halogens is 1. The fourth-order valence-corrected chi connectivity index (χ4v) is 2.84. The number of aromatic nitrogens is 3. The van der Waals surface area contributed by atoms with Crippen molar-refractivity contribution in [2.45, 2.75) is 6.61 Å². The van der Waals surface area contributed by atoms with Crippen LogP contribution in [-0.2, 0) is 11.3 Å². The summed E-state index contributed by atoms with van der Waals surface area (Å²) in [5, 5.41) is 3.00. The molecular formula is C22H18FN5O4. The summed E-state index contributed by atoms with van der Waals surface area (Å²) in [6, 6.07) is 16.0. The van der Waals surface area contributed by atoms with Crippen molar-refractivity contribution in [1.82, 2.24) is 15.0 Å². The van der Waals surface area contributed by atoms with Gasteiger partial charge in [0.25, 0.3) is 0 Å². The first kappa shape index (κ1) is 20.8. The molecule has 2 aromatic heterocycles. The van der Waals surface area contributed by atoms with E-state index in [-0.39, 0.29) is 35.9 Å². The van der Waals surface area contributed by atoms with Crippen molar-refractivity contribution in [3.63, 3.8) is 0 Å². The van der Waals surface area contributed by atoms with Crippen LogP contribution in [0.4, 0.5) is 22.0 Å². The minimum absolute atomic E-state index is 0.0151. The molecular weight excluding hydrogens is 417 g/mol. The van der Waals surface area contributed by atoms with Crippen LogP contribution >= 0.6 is 0 Å². The number of ether oxygens (including phenoxy) is 2. The first-order valence-corrected chi connectivity index (χ1v) is 9.45. The molecule has 0 bridgehead atoms. The maximum Gasteiger partial charge on any atom is 0.374 e. The van der Waals surface area contributed by atoms with E-state index in [9.17, 15) is 9.18 Å². The van der Waals surface area contributed by atoms with Crippen LogP contribution in [-0.4, -0.2) is 28.0 Å². The van der Waals surface area contributed by atoms with E-state index in [0.29, 0.717) is 22.8 Å². The Morgan fingerprint density at radius 2 is 1.84 bits per heavy atom. The lowest BCUT2D eigenvalue weighted by Gasteiger charge is -2.10. The second-order valence-electron chi connectivity index (χ2n) is 6.51. The molecule has 2 heterocycles. The van der Waals surface area contributed by atoms with Crippen molar-refractivity contribution in [3.8, 4) is 17.1 Å². The Balaban J connectivity index is 1.43. The molecule has 0 radical (unpaired) electrons. The van der Waals surface area contributed by atoms with Gasteiger partial charge in [0.15, 0.2) is 12.4 Å². The van der Waals surface area contributed by atoms with Crippen molar-refractivity contribution in [1.29, 1.82) is 0 Å². The van der Waals surface area contributed by atoms with E-state index >= 15 is 0 Å². The number of nitrogen functional groups attached to an aromatic ring is 1. The number of esters is 1. The molecule has 3 N–H and O–H groups in total. The quantitative estimate of drug-likeness (QED) is 0.415. The number of anilines is 3. The highest BCUT2D eigenvalue weighted by Crippen LogP contribution is 2.26. The average molecular weight is 435 g/mol. The Labute approximate surface area is 182 Å². The van der Waals surface area contributed by atoms with Gasteiger partial charge in [-0.15, -0.1) is 0 Å². The van der Waals surface area contributed by atoms with Crippen molar-refractivity contribution in [3.05, 3.63) is 78.1 Å². The van der Waals surface area contributed by atoms with Crippen molar-refractivity contribution >= 4 is 23.6 Å². The standard InChI is InChI=1S/C22H18FN5O4/c1-30-17-5-3-2-4-15(17)25-22-27-19(26-21(24)28-22)12-31-20(29)18-11-10-16(32-18)13-6-8-14(23)9-7-13/h2-11H,12H2,1H3,(H3,24,25,26,27,28). The Hall–Kier alpha value is -4.47. The summed E-state index contributed by atoms with van der Waals surface area (Å²) in [6.07, 6.45) is 0. The van der Waals surface area contributed by atoms with Gasteiger partial charge >= 0.3 is 5.97 Å². The van der Waals surface area contributed by atoms with Crippen molar-refractivity contribution in [2.24, 2.45) is 0 Å². The lowest BCUT2D eigenvalue weighted by molar-refractivity contribution is 0.0426. The van der Waals surface area contributed by atoms with E-state index in [4.69, 9.17) is 19.6 Å². The van der Waals surface area contributed by atoms with Gasteiger partial charge in [0.05, 0.1) is 12.8 Å². The number of rotatable bonds is 7. The third-order valence-electron chi connectivity index (χ3n) is 4.32. The molecule has 32 heavy (non-hydrogen) atoms. The van der Waals surface area contributed by atoms with Gasteiger partial charge in [-0.05, 0) is 48.5 Å². The molecule has 0 aliphatic rings. The maximum absolute atomic E-state index is 13.1. The largest absolute Gasteiger partial charge is 0.495 e. The summed E-state index contributed by atoms with van der Waals surface area (Å²) < 4.78 is 29.1. The number of carbonyl (C=O) groups excluding carboxylic acids is 1. The Kier molecular flexibility index (Phi) is 5.93. The van der Waals surface area contributed by atoms with Crippen molar-refractivity contribution in [2.75, 3.05) is 18.2 Å². The zero-order valence-corrected chi connectivity index (χ0v) is 16.9. The molecule has 0 fully saturated rings. The summed E-state index contributed by atoms with van der Waals surface area (Å²) in [6.45, 7) is -0.251. The van der Waals surface area contributed by atoms with Crippen molar-refractivity contribution < 1.29 is 23.1 Å². The SMILES string of the molecule is COc1ccccc1Nc1nc(N)nc(COC(=O)c2ccc(-c3ccc(F)cc3)o2)n1.